The first-order valence-corrected chi connectivity index (χ1v) is 9.61. The van der Waals surface area contributed by atoms with Crippen molar-refractivity contribution >= 4 is 47.0 Å². The van der Waals surface area contributed by atoms with Gasteiger partial charge in [0.1, 0.15) is 0 Å². The Bertz CT molecular complexity index is 702. The van der Waals surface area contributed by atoms with Gasteiger partial charge >= 0.3 is 0 Å². The maximum absolute atomic E-state index is 4.32. The van der Waals surface area contributed by atoms with Gasteiger partial charge in [0.25, 0.3) is 0 Å². The molecule has 0 saturated heterocycles. The number of hydrogen-bond donors (Lipinski definition) is 2. The Balaban J connectivity index is 0.00000243. The number of nitrogens with one attached hydrogen (secondary N) is 2. The molecule has 0 bridgehead atoms. The highest BCUT2D eigenvalue weighted by Gasteiger charge is 2.09. The predicted octanol–water partition coefficient (Wildman–Crippen LogP) is 4.21. The van der Waals surface area contributed by atoms with E-state index in [1.54, 1.807) is 11.3 Å². The summed E-state index contributed by atoms with van der Waals surface area (Å²) in [6.07, 6.45) is 4.42. The number of aliphatic imine (C=N–C) groups is 1. The molecule has 2 heterocycles. The lowest BCUT2D eigenvalue weighted by atomic mass is 10.1. The van der Waals surface area contributed by atoms with Crippen molar-refractivity contribution in [2.24, 2.45) is 4.99 Å². The molecule has 0 fully saturated rings. The van der Waals surface area contributed by atoms with E-state index in [9.17, 15) is 0 Å². The summed E-state index contributed by atoms with van der Waals surface area (Å²) < 4.78 is 0. The summed E-state index contributed by atoms with van der Waals surface area (Å²) >= 11 is 1.80. The smallest absolute Gasteiger partial charge is 0.191 e. The minimum Gasteiger partial charge on any atom is -0.364 e. The fraction of sp³-hybridized carbons (Fsp3) is 0.350. The molecule has 1 aliphatic rings. The quantitative estimate of drug-likeness (QED) is 0.281. The van der Waals surface area contributed by atoms with Gasteiger partial charge in [-0.05, 0) is 29.1 Å². The standard InChI is InChI=1S/C20H26N4S.HI/c1-16(19-6-5-13-25-19)14-22-20(21-2)23-15-17-7-9-18(10-8-17)24-11-3-4-12-24;/h3-10,13,16H,11-12,14-15H2,1-2H3,(H2,21,22,23);1H. The maximum Gasteiger partial charge on any atom is 0.191 e. The number of halogens is 1. The molecule has 1 aromatic heterocycles. The first-order chi connectivity index (χ1) is 12.3. The number of anilines is 1. The highest BCUT2D eigenvalue weighted by atomic mass is 127. The monoisotopic (exact) mass is 482 g/mol. The molecule has 26 heavy (non-hydrogen) atoms. The summed E-state index contributed by atoms with van der Waals surface area (Å²) in [5, 5.41) is 8.93. The zero-order chi connectivity index (χ0) is 17.5. The van der Waals surface area contributed by atoms with Crippen molar-refractivity contribution in [2.45, 2.75) is 19.4 Å². The van der Waals surface area contributed by atoms with Crippen LogP contribution in [0.5, 0.6) is 0 Å². The molecule has 1 unspecified atom stereocenters. The van der Waals surface area contributed by atoms with Crippen LogP contribution in [0.2, 0.25) is 0 Å². The molecule has 3 rings (SSSR count). The van der Waals surface area contributed by atoms with E-state index in [0.29, 0.717) is 5.92 Å². The normalized spacial score (nSPS) is 14.8. The molecular formula is C20H27IN4S. The van der Waals surface area contributed by atoms with Gasteiger partial charge < -0.3 is 15.5 Å². The van der Waals surface area contributed by atoms with Crippen LogP contribution in [0.1, 0.15) is 23.3 Å². The van der Waals surface area contributed by atoms with Gasteiger partial charge in [0.2, 0.25) is 0 Å². The van der Waals surface area contributed by atoms with E-state index in [1.807, 2.05) is 7.05 Å². The van der Waals surface area contributed by atoms with E-state index < -0.39 is 0 Å². The largest absolute Gasteiger partial charge is 0.364 e. The van der Waals surface area contributed by atoms with Gasteiger partial charge in [-0.3, -0.25) is 4.99 Å². The van der Waals surface area contributed by atoms with Crippen LogP contribution in [-0.2, 0) is 6.54 Å². The molecule has 0 radical (unpaired) electrons. The molecule has 2 N–H and O–H groups in total. The van der Waals surface area contributed by atoms with E-state index >= 15 is 0 Å². The summed E-state index contributed by atoms with van der Waals surface area (Å²) in [4.78, 5) is 8.07. The molecule has 1 atom stereocenters. The van der Waals surface area contributed by atoms with E-state index in [-0.39, 0.29) is 24.0 Å². The average molecular weight is 482 g/mol. The van der Waals surface area contributed by atoms with Crippen LogP contribution in [-0.4, -0.2) is 32.6 Å². The molecule has 0 amide bonds. The summed E-state index contributed by atoms with van der Waals surface area (Å²) in [6, 6.07) is 13.0. The lowest BCUT2D eigenvalue weighted by Gasteiger charge is -2.18. The number of thiophene rings is 1. The van der Waals surface area contributed by atoms with Gasteiger partial charge in [-0.15, -0.1) is 35.3 Å². The van der Waals surface area contributed by atoms with Gasteiger partial charge in [-0.1, -0.05) is 37.3 Å². The van der Waals surface area contributed by atoms with Crippen LogP contribution < -0.4 is 15.5 Å². The number of nitrogens with zero attached hydrogens (tertiary/aromatic N) is 2. The number of hydrogen-bond acceptors (Lipinski definition) is 3. The Morgan fingerprint density at radius 2 is 1.88 bits per heavy atom. The summed E-state index contributed by atoms with van der Waals surface area (Å²) in [6.45, 7) is 5.90. The summed E-state index contributed by atoms with van der Waals surface area (Å²) in [7, 11) is 1.81. The van der Waals surface area contributed by atoms with Gasteiger partial charge in [0.05, 0.1) is 0 Å². The Hall–Kier alpha value is -1.54. The molecule has 0 saturated carbocycles. The van der Waals surface area contributed by atoms with Gasteiger partial charge in [-0.25, -0.2) is 0 Å². The van der Waals surface area contributed by atoms with Crippen molar-refractivity contribution in [1.29, 1.82) is 0 Å². The molecule has 2 aromatic rings. The third-order valence-corrected chi connectivity index (χ3v) is 5.51. The Kier molecular flexibility index (Phi) is 8.44. The topological polar surface area (TPSA) is 39.7 Å². The van der Waals surface area contributed by atoms with Crippen LogP contribution in [0.15, 0.2) is 58.9 Å². The van der Waals surface area contributed by atoms with Crippen molar-refractivity contribution in [2.75, 3.05) is 31.6 Å². The van der Waals surface area contributed by atoms with Crippen molar-refractivity contribution in [1.82, 2.24) is 10.6 Å². The van der Waals surface area contributed by atoms with Gasteiger partial charge in [0.15, 0.2) is 5.96 Å². The maximum atomic E-state index is 4.32. The van der Waals surface area contributed by atoms with Crippen LogP contribution in [0, 0.1) is 0 Å². The van der Waals surface area contributed by atoms with Crippen molar-refractivity contribution in [3.05, 3.63) is 64.4 Å². The molecule has 0 spiro atoms. The zero-order valence-corrected chi connectivity index (χ0v) is 18.5. The van der Waals surface area contributed by atoms with Gasteiger partial charge in [-0.2, -0.15) is 0 Å². The Morgan fingerprint density at radius 1 is 1.15 bits per heavy atom. The van der Waals surface area contributed by atoms with Crippen molar-refractivity contribution < 1.29 is 0 Å². The van der Waals surface area contributed by atoms with Crippen molar-refractivity contribution in [3.8, 4) is 0 Å². The van der Waals surface area contributed by atoms with Gasteiger partial charge in [0, 0.05) is 49.7 Å². The van der Waals surface area contributed by atoms with Crippen LogP contribution in [0.25, 0.3) is 0 Å². The fourth-order valence-electron chi connectivity index (χ4n) is 2.84. The lowest BCUT2D eigenvalue weighted by Crippen LogP contribution is -2.38. The Labute approximate surface area is 177 Å². The lowest BCUT2D eigenvalue weighted by molar-refractivity contribution is 0.708. The molecule has 1 aliphatic heterocycles. The number of guanidine groups is 1. The second-order valence-corrected chi connectivity index (χ2v) is 7.25. The molecule has 4 nitrogen and oxygen atoms in total. The highest BCUT2D eigenvalue weighted by Crippen LogP contribution is 2.19. The zero-order valence-electron chi connectivity index (χ0n) is 15.3. The highest BCUT2D eigenvalue weighted by molar-refractivity contribution is 14.0. The fourth-order valence-corrected chi connectivity index (χ4v) is 3.63. The minimum absolute atomic E-state index is 0. The third kappa shape index (κ3) is 5.74. The molecule has 6 heteroatoms. The Morgan fingerprint density at radius 3 is 2.50 bits per heavy atom. The third-order valence-electron chi connectivity index (χ3n) is 4.41. The second kappa shape index (κ2) is 10.6. The molecule has 140 valence electrons. The first-order valence-electron chi connectivity index (χ1n) is 8.73. The van der Waals surface area contributed by atoms with E-state index in [4.69, 9.17) is 0 Å². The van der Waals surface area contributed by atoms with E-state index in [2.05, 4.69) is 81.4 Å². The number of rotatable bonds is 6. The molecular weight excluding hydrogens is 455 g/mol. The SMILES string of the molecule is CN=C(NCc1ccc(N2CC=CC2)cc1)NCC(C)c1cccs1.I. The minimum atomic E-state index is 0. The number of benzene rings is 1. The van der Waals surface area contributed by atoms with Crippen LogP contribution >= 0.6 is 35.3 Å². The average Bonchev–Trinajstić information content (AvgIpc) is 3.36. The first kappa shape index (κ1) is 20.8. The summed E-state index contributed by atoms with van der Waals surface area (Å²) in [5.41, 5.74) is 2.53. The van der Waals surface area contributed by atoms with Crippen molar-refractivity contribution in [3.63, 3.8) is 0 Å². The second-order valence-electron chi connectivity index (χ2n) is 6.27. The van der Waals surface area contributed by atoms with E-state index in [0.717, 1.165) is 32.1 Å². The van der Waals surface area contributed by atoms with E-state index in [1.165, 1.54) is 16.1 Å². The predicted molar refractivity (Wildman–Crippen MR) is 124 cm³/mol. The van der Waals surface area contributed by atoms with Crippen LogP contribution in [0.4, 0.5) is 5.69 Å². The molecule has 0 aliphatic carbocycles. The molecule has 1 aromatic carbocycles. The summed E-state index contributed by atoms with van der Waals surface area (Å²) in [5.74, 6) is 1.32. The van der Waals surface area contributed by atoms with Crippen LogP contribution in [0.3, 0.4) is 0 Å².